The number of nitrogens with zero attached hydrogens (tertiary/aromatic N) is 1. The minimum Gasteiger partial charge on any atom is -0.331 e. The lowest BCUT2D eigenvalue weighted by Crippen LogP contribution is -2.12. The van der Waals surface area contributed by atoms with Gasteiger partial charge in [-0.2, -0.15) is 13.2 Å². The number of aromatic amines is 1. The molecule has 1 aromatic heterocycles. The molecule has 1 heterocycles. The van der Waals surface area contributed by atoms with E-state index in [1.165, 1.54) is 16.7 Å². The number of hydrogen-bond donors (Lipinski definition) is 1. The number of fused-ring (bicyclic) bond motifs is 1. The third-order valence-corrected chi connectivity index (χ3v) is 2.68. The van der Waals surface area contributed by atoms with Crippen LogP contribution in [0.4, 0.5) is 17.6 Å². The number of nitrogens with one attached hydrogen (secondary N) is 1. The number of halogens is 4. The Morgan fingerprint density at radius 3 is 2.65 bits per heavy atom. The molecule has 0 fully saturated rings. The molecule has 17 heavy (non-hydrogen) atoms. The molecule has 1 aromatic carbocycles. The molecule has 2 rings (SSSR count). The summed E-state index contributed by atoms with van der Waals surface area (Å²) in [5.74, 6) is -0.507. The Hall–Kier alpha value is -1.37. The van der Waals surface area contributed by atoms with Crippen molar-refractivity contribution in [2.24, 2.45) is 0 Å². The number of imidazole rings is 1. The van der Waals surface area contributed by atoms with E-state index < -0.39 is 18.4 Å². The van der Waals surface area contributed by atoms with Gasteiger partial charge in [-0.05, 0) is 30.4 Å². The van der Waals surface area contributed by atoms with Gasteiger partial charge in [0.2, 0.25) is 0 Å². The first kappa shape index (κ1) is 12.1. The first-order valence-corrected chi connectivity index (χ1v) is 5.22. The fourth-order valence-corrected chi connectivity index (χ4v) is 1.89. The van der Waals surface area contributed by atoms with Crippen LogP contribution in [0.1, 0.15) is 6.42 Å². The number of hydrogen-bond acceptors (Lipinski definition) is 1. The van der Waals surface area contributed by atoms with Gasteiger partial charge in [-0.3, -0.25) is 0 Å². The number of benzene rings is 1. The predicted octanol–water partition coefficient (Wildman–Crippen LogP) is 3.79. The number of alkyl halides is 3. The van der Waals surface area contributed by atoms with E-state index >= 15 is 0 Å². The summed E-state index contributed by atoms with van der Waals surface area (Å²) in [6.07, 6.45) is -5.25. The molecule has 0 saturated heterocycles. The largest absolute Gasteiger partial charge is 0.390 e. The molecule has 0 saturated carbocycles. The molecule has 0 spiro atoms. The summed E-state index contributed by atoms with van der Waals surface area (Å²) in [4.78, 5) is 2.73. The number of aryl methyl sites for hydroxylation is 1. The molecule has 0 unspecified atom stereocenters. The van der Waals surface area contributed by atoms with Gasteiger partial charge in [-0.15, -0.1) is 0 Å². The summed E-state index contributed by atoms with van der Waals surface area (Å²) >= 11 is 4.90. The number of H-pyrrole nitrogens is 1. The molecular weight excluding hydrogens is 256 g/mol. The molecule has 0 atom stereocenters. The topological polar surface area (TPSA) is 20.7 Å². The molecule has 2 aromatic rings. The fourth-order valence-electron chi connectivity index (χ4n) is 1.59. The maximum Gasteiger partial charge on any atom is 0.390 e. The fraction of sp³-hybridized carbons (Fsp3) is 0.300. The summed E-state index contributed by atoms with van der Waals surface area (Å²) in [5.41, 5.74) is 0.873. The average molecular weight is 264 g/mol. The molecule has 2 nitrogen and oxygen atoms in total. The average Bonchev–Trinajstić information content (AvgIpc) is 2.49. The molecule has 0 aliphatic carbocycles. The second-order valence-corrected chi connectivity index (χ2v) is 4.00. The standard InChI is InChI=1S/C10H8F4N2S/c11-6-1-2-7-8(5-6)16(9(17)15-7)4-3-10(12,13)14/h1-2,5H,3-4H2,(H,15,17). The second-order valence-electron chi connectivity index (χ2n) is 3.61. The number of rotatable bonds is 2. The minimum absolute atomic E-state index is 0.162. The van der Waals surface area contributed by atoms with E-state index in [1.54, 1.807) is 0 Å². The lowest BCUT2D eigenvalue weighted by molar-refractivity contribution is -0.136. The SMILES string of the molecule is Fc1ccc2[nH]c(=S)n(CCC(F)(F)F)c2c1. The normalized spacial score (nSPS) is 12.2. The zero-order valence-electron chi connectivity index (χ0n) is 8.51. The summed E-state index contributed by atoms with van der Waals surface area (Å²) < 4.78 is 50.8. The zero-order chi connectivity index (χ0) is 12.6. The van der Waals surface area contributed by atoms with Gasteiger partial charge in [0.25, 0.3) is 0 Å². The quantitative estimate of drug-likeness (QED) is 0.646. The highest BCUT2D eigenvalue weighted by Crippen LogP contribution is 2.22. The smallest absolute Gasteiger partial charge is 0.331 e. The van der Waals surface area contributed by atoms with Gasteiger partial charge in [0.1, 0.15) is 5.82 Å². The van der Waals surface area contributed by atoms with Crippen LogP contribution in [0.5, 0.6) is 0 Å². The van der Waals surface area contributed by atoms with Crippen molar-refractivity contribution >= 4 is 23.3 Å². The van der Waals surface area contributed by atoms with Gasteiger partial charge in [-0.1, -0.05) is 0 Å². The van der Waals surface area contributed by atoms with E-state index in [2.05, 4.69) is 4.98 Å². The van der Waals surface area contributed by atoms with Crippen LogP contribution in [-0.2, 0) is 6.54 Å². The van der Waals surface area contributed by atoms with Crippen molar-refractivity contribution in [2.45, 2.75) is 19.1 Å². The molecule has 0 amide bonds. The summed E-state index contributed by atoms with van der Waals surface area (Å²) in [5, 5.41) is 0. The Balaban J connectivity index is 2.42. The van der Waals surface area contributed by atoms with Gasteiger partial charge >= 0.3 is 6.18 Å². The van der Waals surface area contributed by atoms with Crippen LogP contribution in [0.3, 0.4) is 0 Å². The maximum atomic E-state index is 13.0. The summed E-state index contributed by atoms with van der Waals surface area (Å²) in [6.45, 7) is -0.314. The first-order chi connectivity index (χ1) is 7.87. The Morgan fingerprint density at radius 1 is 1.29 bits per heavy atom. The highest BCUT2D eigenvalue weighted by Gasteiger charge is 2.27. The Bertz CT molecular complexity index is 596. The lowest BCUT2D eigenvalue weighted by atomic mass is 10.3. The van der Waals surface area contributed by atoms with Gasteiger partial charge in [0, 0.05) is 6.54 Å². The minimum atomic E-state index is -4.26. The lowest BCUT2D eigenvalue weighted by Gasteiger charge is -2.07. The second kappa shape index (κ2) is 4.14. The van der Waals surface area contributed by atoms with Crippen molar-refractivity contribution < 1.29 is 17.6 Å². The van der Waals surface area contributed by atoms with Crippen molar-refractivity contribution in [1.82, 2.24) is 9.55 Å². The van der Waals surface area contributed by atoms with Crippen molar-refractivity contribution in [2.75, 3.05) is 0 Å². The highest BCUT2D eigenvalue weighted by atomic mass is 32.1. The van der Waals surface area contributed by atoms with Crippen LogP contribution in [-0.4, -0.2) is 15.7 Å². The zero-order valence-corrected chi connectivity index (χ0v) is 9.33. The molecule has 92 valence electrons. The van der Waals surface area contributed by atoms with Crippen LogP contribution in [0, 0.1) is 10.6 Å². The van der Waals surface area contributed by atoms with Crippen molar-refractivity contribution in [3.05, 3.63) is 28.8 Å². The van der Waals surface area contributed by atoms with Crippen LogP contribution in [0.25, 0.3) is 11.0 Å². The van der Waals surface area contributed by atoms with Gasteiger partial charge in [0.05, 0.1) is 17.5 Å². The first-order valence-electron chi connectivity index (χ1n) is 4.82. The highest BCUT2D eigenvalue weighted by molar-refractivity contribution is 7.71. The van der Waals surface area contributed by atoms with Crippen molar-refractivity contribution in [3.63, 3.8) is 0 Å². The van der Waals surface area contributed by atoms with Crippen LogP contribution in [0.2, 0.25) is 0 Å². The molecular formula is C10H8F4N2S. The Kier molecular flexibility index (Phi) is 2.94. The molecule has 0 bridgehead atoms. The monoisotopic (exact) mass is 264 g/mol. The summed E-state index contributed by atoms with van der Waals surface area (Å²) in [7, 11) is 0. The van der Waals surface area contributed by atoms with E-state index in [0.29, 0.717) is 11.0 Å². The predicted molar refractivity (Wildman–Crippen MR) is 57.8 cm³/mol. The van der Waals surface area contributed by atoms with E-state index in [4.69, 9.17) is 12.2 Å². The molecule has 7 heteroatoms. The maximum absolute atomic E-state index is 13.0. The van der Waals surface area contributed by atoms with Crippen LogP contribution in [0.15, 0.2) is 18.2 Å². The van der Waals surface area contributed by atoms with E-state index in [9.17, 15) is 17.6 Å². The van der Waals surface area contributed by atoms with Gasteiger partial charge < -0.3 is 9.55 Å². The third kappa shape index (κ3) is 2.66. The molecule has 1 N–H and O–H groups in total. The van der Waals surface area contributed by atoms with Crippen LogP contribution < -0.4 is 0 Å². The number of aromatic nitrogens is 2. The Morgan fingerprint density at radius 2 is 2.00 bits per heavy atom. The third-order valence-electron chi connectivity index (χ3n) is 2.36. The summed E-state index contributed by atoms with van der Waals surface area (Å²) in [6, 6.07) is 3.84. The van der Waals surface area contributed by atoms with E-state index in [0.717, 1.165) is 6.07 Å². The van der Waals surface area contributed by atoms with Crippen LogP contribution >= 0.6 is 12.2 Å². The molecule has 0 radical (unpaired) electrons. The van der Waals surface area contributed by atoms with Gasteiger partial charge in [-0.25, -0.2) is 4.39 Å². The van der Waals surface area contributed by atoms with E-state index in [1.807, 2.05) is 0 Å². The molecule has 0 aliphatic heterocycles. The Labute approximate surface area is 98.9 Å². The van der Waals surface area contributed by atoms with E-state index in [-0.39, 0.29) is 11.3 Å². The van der Waals surface area contributed by atoms with Crippen molar-refractivity contribution in [3.8, 4) is 0 Å². The van der Waals surface area contributed by atoms with Gasteiger partial charge in [0.15, 0.2) is 4.77 Å². The molecule has 0 aliphatic rings. The van der Waals surface area contributed by atoms with Crippen molar-refractivity contribution in [1.29, 1.82) is 0 Å².